The van der Waals surface area contributed by atoms with Gasteiger partial charge in [0.2, 0.25) is 5.91 Å². The molecule has 0 bridgehead atoms. The predicted octanol–water partition coefficient (Wildman–Crippen LogP) is 5.95. The van der Waals surface area contributed by atoms with E-state index in [1.165, 1.54) is 12.0 Å². The van der Waals surface area contributed by atoms with Crippen molar-refractivity contribution in [2.24, 2.45) is 0 Å². The summed E-state index contributed by atoms with van der Waals surface area (Å²) in [5.41, 5.74) is 5.09. The minimum absolute atomic E-state index is 0.0308. The Morgan fingerprint density at radius 1 is 0.870 bits per heavy atom. The summed E-state index contributed by atoms with van der Waals surface area (Å²) in [6.07, 6.45) is 2.77. The van der Waals surface area contributed by atoms with Gasteiger partial charge in [0.1, 0.15) is 16.4 Å². The molecular weight excluding hydrogens is 602 g/mol. The summed E-state index contributed by atoms with van der Waals surface area (Å²) in [6.45, 7) is 0. The average Bonchev–Trinajstić information content (AvgIpc) is 3.06. The van der Waals surface area contributed by atoms with Crippen molar-refractivity contribution in [2.45, 2.75) is 36.6 Å². The number of benzene rings is 4. The van der Waals surface area contributed by atoms with E-state index in [4.69, 9.17) is 9.47 Å². The lowest BCUT2D eigenvalue weighted by molar-refractivity contribution is -0.131. The number of hydrogen-bond acceptors (Lipinski definition) is 6. The van der Waals surface area contributed by atoms with Crippen LogP contribution in [0.2, 0.25) is 0 Å². The van der Waals surface area contributed by atoms with Gasteiger partial charge in [-0.2, -0.15) is 0 Å². The molecule has 2 amide bonds. The van der Waals surface area contributed by atoms with Gasteiger partial charge in [-0.1, -0.05) is 36.4 Å². The molecule has 10 heteroatoms. The molecule has 0 saturated carbocycles. The van der Waals surface area contributed by atoms with Crippen molar-refractivity contribution < 1.29 is 27.5 Å². The quantitative estimate of drug-likeness (QED) is 0.230. The topological polar surface area (TPSA) is 105 Å². The lowest BCUT2D eigenvalue weighted by Gasteiger charge is -2.34. The number of anilines is 1. The number of carbonyl (C=O) groups is 2. The molecule has 1 atom stereocenters. The molecule has 0 unspecified atom stereocenters. The number of methoxy groups -OCH3 is 2. The van der Waals surface area contributed by atoms with Crippen LogP contribution in [-0.4, -0.2) is 65.4 Å². The van der Waals surface area contributed by atoms with E-state index in [1.54, 1.807) is 75.6 Å². The second-order valence-corrected chi connectivity index (χ2v) is 13.3. The van der Waals surface area contributed by atoms with Crippen LogP contribution >= 0.6 is 0 Å². The maximum absolute atomic E-state index is 13.8. The Morgan fingerprint density at radius 2 is 1.63 bits per heavy atom. The molecule has 0 spiro atoms. The second-order valence-electron chi connectivity index (χ2n) is 11.6. The highest BCUT2D eigenvalue weighted by atomic mass is 32.2. The molecule has 5 rings (SSSR count). The zero-order valence-electron chi connectivity index (χ0n) is 26.7. The largest absolute Gasteiger partial charge is 0.497 e. The molecule has 1 N–H and O–H groups in total. The van der Waals surface area contributed by atoms with E-state index < -0.39 is 10.0 Å². The Hall–Kier alpha value is -4.83. The number of amides is 2. The number of carbonyl (C=O) groups excluding carboxylic acids is 2. The molecule has 0 heterocycles. The fraction of sp³-hybridized carbons (Fsp3) is 0.278. The summed E-state index contributed by atoms with van der Waals surface area (Å²) in [6, 6.07) is 24.8. The molecule has 4 aromatic rings. The van der Waals surface area contributed by atoms with Gasteiger partial charge in [-0.05, 0) is 95.6 Å². The number of hydrogen-bond donors (Lipinski definition) is 1. The van der Waals surface area contributed by atoms with Crippen molar-refractivity contribution in [3.63, 3.8) is 0 Å². The van der Waals surface area contributed by atoms with Gasteiger partial charge >= 0.3 is 0 Å². The van der Waals surface area contributed by atoms with Gasteiger partial charge in [0.15, 0.2) is 0 Å². The third-order valence-corrected chi connectivity index (χ3v) is 9.74. The maximum Gasteiger partial charge on any atom is 0.265 e. The van der Waals surface area contributed by atoms with Gasteiger partial charge < -0.3 is 19.3 Å². The number of aryl methyl sites for hydroxylation is 1. The lowest BCUT2D eigenvalue weighted by atomic mass is 9.86. The molecule has 240 valence electrons. The van der Waals surface area contributed by atoms with Crippen LogP contribution in [0.15, 0.2) is 89.8 Å². The van der Waals surface area contributed by atoms with Crippen molar-refractivity contribution in [3.05, 3.63) is 107 Å². The van der Waals surface area contributed by atoms with Gasteiger partial charge in [0.25, 0.3) is 15.9 Å². The van der Waals surface area contributed by atoms with E-state index in [1.807, 2.05) is 42.5 Å². The first-order valence-corrected chi connectivity index (χ1v) is 16.5. The van der Waals surface area contributed by atoms with E-state index in [-0.39, 0.29) is 34.9 Å². The molecule has 0 aromatic heterocycles. The molecule has 0 aliphatic heterocycles. The Labute approximate surface area is 270 Å². The van der Waals surface area contributed by atoms with Crippen LogP contribution in [0.1, 0.15) is 45.9 Å². The highest BCUT2D eigenvalue weighted by Gasteiger charge is 2.28. The zero-order valence-corrected chi connectivity index (χ0v) is 27.6. The van der Waals surface area contributed by atoms with Crippen LogP contribution in [-0.2, 0) is 27.7 Å². The van der Waals surface area contributed by atoms with Crippen LogP contribution < -0.4 is 14.2 Å². The zero-order chi connectivity index (χ0) is 33.0. The number of nitrogens with zero attached hydrogens (tertiary/aromatic N) is 2. The van der Waals surface area contributed by atoms with Crippen LogP contribution in [0.25, 0.3) is 11.1 Å². The van der Waals surface area contributed by atoms with Gasteiger partial charge in [-0.25, -0.2) is 8.42 Å². The Morgan fingerprint density at radius 3 is 2.37 bits per heavy atom. The average molecular weight is 642 g/mol. The molecular formula is C36H39N3O6S. The van der Waals surface area contributed by atoms with E-state index in [9.17, 15) is 18.0 Å². The molecule has 9 nitrogen and oxygen atoms in total. The third kappa shape index (κ3) is 7.02. The van der Waals surface area contributed by atoms with Crippen molar-refractivity contribution >= 4 is 27.5 Å². The third-order valence-electron chi connectivity index (χ3n) is 8.33. The number of sulfonamides is 1. The van der Waals surface area contributed by atoms with Crippen LogP contribution in [0.5, 0.6) is 11.5 Å². The van der Waals surface area contributed by atoms with Crippen molar-refractivity contribution in [1.82, 2.24) is 9.80 Å². The van der Waals surface area contributed by atoms with Crippen LogP contribution in [0.4, 0.5) is 5.69 Å². The van der Waals surface area contributed by atoms with E-state index in [2.05, 4.69) is 4.72 Å². The summed E-state index contributed by atoms with van der Waals surface area (Å²) >= 11 is 0. The number of nitrogens with one attached hydrogen (secondary N) is 1. The van der Waals surface area contributed by atoms with E-state index >= 15 is 0 Å². The summed E-state index contributed by atoms with van der Waals surface area (Å²) in [5.74, 6) is 0.705. The normalized spacial score (nSPS) is 14.2. The molecule has 4 aromatic carbocycles. The molecule has 0 saturated heterocycles. The van der Waals surface area contributed by atoms with Crippen molar-refractivity contribution in [3.8, 4) is 22.6 Å². The fourth-order valence-electron chi connectivity index (χ4n) is 5.86. The Bertz CT molecular complexity index is 1870. The highest BCUT2D eigenvalue weighted by Crippen LogP contribution is 2.37. The molecule has 0 fully saturated rings. The standard InChI is InChI=1S/C36H39N3O6S/c1-38(2)36(41)28-12-7-11-26(21-28)27-16-18-33(45-5)34(22-27)46(42,43)37-29-17-15-25-10-8-14-32(31(25)23-29)39(3)35(40)20-24-9-6-13-30(19-24)44-4/h6-7,9,11-13,15-19,21-23,32,37H,8,10,14,20H2,1-5H3/t32-/m1/s1. The fourth-order valence-corrected chi connectivity index (χ4v) is 7.11. The van der Waals surface area contributed by atoms with Crippen molar-refractivity contribution in [1.29, 1.82) is 0 Å². The van der Waals surface area contributed by atoms with Gasteiger partial charge in [0, 0.05) is 32.4 Å². The number of fused-ring (bicyclic) bond motifs is 1. The maximum atomic E-state index is 13.8. The van der Waals surface area contributed by atoms with E-state index in [0.717, 1.165) is 36.0 Å². The minimum Gasteiger partial charge on any atom is -0.497 e. The van der Waals surface area contributed by atoms with Gasteiger partial charge in [0.05, 0.1) is 26.7 Å². The Kier molecular flexibility index (Phi) is 9.67. The molecule has 0 radical (unpaired) electrons. The van der Waals surface area contributed by atoms with Gasteiger partial charge in [-0.3, -0.25) is 14.3 Å². The smallest absolute Gasteiger partial charge is 0.265 e. The summed E-state index contributed by atoms with van der Waals surface area (Å²) < 4.78 is 41.2. The van der Waals surface area contributed by atoms with E-state index in [0.29, 0.717) is 28.1 Å². The van der Waals surface area contributed by atoms with Gasteiger partial charge in [-0.15, -0.1) is 0 Å². The summed E-state index contributed by atoms with van der Waals surface area (Å²) in [7, 11) is 4.09. The van der Waals surface area contributed by atoms with Crippen LogP contribution in [0, 0.1) is 0 Å². The molecule has 1 aliphatic rings. The number of ether oxygens (including phenoxy) is 2. The number of likely N-dealkylation sites (N-methyl/N-ethyl adjacent to an activating group) is 1. The monoisotopic (exact) mass is 641 g/mol. The first-order valence-electron chi connectivity index (χ1n) is 15.0. The van der Waals surface area contributed by atoms with Crippen LogP contribution in [0.3, 0.4) is 0 Å². The molecule has 1 aliphatic carbocycles. The predicted molar refractivity (Wildman–Crippen MR) is 179 cm³/mol. The molecule has 46 heavy (non-hydrogen) atoms. The number of rotatable bonds is 10. The summed E-state index contributed by atoms with van der Waals surface area (Å²) in [5, 5.41) is 0. The Balaban J connectivity index is 1.41. The van der Waals surface area contributed by atoms with Crippen molar-refractivity contribution in [2.75, 3.05) is 40.1 Å². The second kappa shape index (κ2) is 13.7. The summed E-state index contributed by atoms with van der Waals surface area (Å²) in [4.78, 5) is 29.1. The minimum atomic E-state index is -4.10. The highest BCUT2D eigenvalue weighted by molar-refractivity contribution is 7.92. The first kappa shape index (κ1) is 32.6. The first-order chi connectivity index (χ1) is 22.0. The SMILES string of the molecule is COc1cccc(CC(=O)N(C)[C@@H]2CCCc3ccc(NS(=O)(=O)c4cc(-c5cccc(C(=O)N(C)C)c5)ccc4OC)cc32)c1. The lowest BCUT2D eigenvalue weighted by Crippen LogP contribution is -2.34.